The molecular formula is C26H33NO3S. The predicted molar refractivity (Wildman–Crippen MR) is 127 cm³/mol. The number of carboxylic acid groups (broad SMARTS) is 1. The number of fused-ring (bicyclic) bond motifs is 3. The van der Waals surface area contributed by atoms with Crippen LogP contribution in [-0.4, -0.2) is 23.0 Å². The van der Waals surface area contributed by atoms with Gasteiger partial charge in [-0.2, -0.15) is 0 Å². The minimum absolute atomic E-state index is 0.0522. The first-order valence-electron chi connectivity index (χ1n) is 11.4. The SMILES string of the molecule is Cc1ccc2scc(C(=O)N[C@H]3C[C@@H]4C[C@H]([C@@H]3CC=CCCCC(=O)O)C4(C)C)c2c1. The third-order valence-electron chi connectivity index (χ3n) is 7.74. The lowest BCUT2D eigenvalue weighted by Crippen LogP contribution is -2.61. The average Bonchev–Trinajstić information content (AvgIpc) is 3.13. The van der Waals surface area contributed by atoms with Gasteiger partial charge in [0.2, 0.25) is 0 Å². The summed E-state index contributed by atoms with van der Waals surface area (Å²) in [6, 6.07) is 6.51. The van der Waals surface area contributed by atoms with Gasteiger partial charge in [-0.3, -0.25) is 9.59 Å². The summed E-state index contributed by atoms with van der Waals surface area (Å²) in [4.78, 5) is 23.9. The van der Waals surface area contributed by atoms with E-state index in [1.165, 1.54) is 12.0 Å². The Bertz CT molecular complexity index is 1010. The van der Waals surface area contributed by atoms with E-state index in [9.17, 15) is 9.59 Å². The van der Waals surface area contributed by atoms with Crippen LogP contribution in [0.2, 0.25) is 0 Å². The normalized spacial score (nSPS) is 26.7. The number of aryl methyl sites for hydroxylation is 1. The number of hydrogen-bond donors (Lipinski definition) is 2. The molecule has 3 aliphatic carbocycles. The van der Waals surface area contributed by atoms with Crippen molar-refractivity contribution in [2.75, 3.05) is 0 Å². The zero-order valence-corrected chi connectivity index (χ0v) is 19.5. The van der Waals surface area contributed by atoms with Crippen LogP contribution >= 0.6 is 11.3 Å². The number of carbonyl (C=O) groups is 2. The van der Waals surface area contributed by atoms with Gasteiger partial charge >= 0.3 is 5.97 Å². The number of amides is 1. The molecule has 5 heteroatoms. The van der Waals surface area contributed by atoms with Crippen LogP contribution in [0, 0.1) is 30.1 Å². The van der Waals surface area contributed by atoms with Gasteiger partial charge in [-0.1, -0.05) is 37.6 Å². The van der Waals surface area contributed by atoms with Crippen LogP contribution in [0.25, 0.3) is 10.1 Å². The molecule has 4 nitrogen and oxygen atoms in total. The Balaban J connectivity index is 1.45. The van der Waals surface area contributed by atoms with Crippen LogP contribution < -0.4 is 5.32 Å². The summed E-state index contributed by atoms with van der Waals surface area (Å²) in [5, 5.41) is 15.2. The highest BCUT2D eigenvalue weighted by Gasteiger charge is 2.57. The van der Waals surface area contributed by atoms with E-state index in [0.717, 1.165) is 34.9 Å². The van der Waals surface area contributed by atoms with Crippen molar-refractivity contribution >= 4 is 33.3 Å². The number of aliphatic carboxylic acids is 1. The van der Waals surface area contributed by atoms with Gasteiger partial charge in [0.05, 0.1) is 5.56 Å². The maximum atomic E-state index is 13.2. The zero-order valence-electron chi connectivity index (χ0n) is 18.7. The number of hydrogen-bond acceptors (Lipinski definition) is 3. The lowest BCUT2D eigenvalue weighted by molar-refractivity contribution is -0.137. The third-order valence-corrected chi connectivity index (χ3v) is 8.71. The van der Waals surface area contributed by atoms with Crippen LogP contribution in [0.15, 0.2) is 35.7 Å². The number of thiophene rings is 1. The molecule has 1 aromatic heterocycles. The summed E-state index contributed by atoms with van der Waals surface area (Å²) in [7, 11) is 0. The smallest absolute Gasteiger partial charge is 0.303 e. The molecule has 31 heavy (non-hydrogen) atoms. The minimum atomic E-state index is -0.734. The van der Waals surface area contributed by atoms with E-state index in [1.54, 1.807) is 11.3 Å². The summed E-state index contributed by atoms with van der Waals surface area (Å²) >= 11 is 1.63. The number of nitrogens with one attached hydrogen (secondary N) is 1. The van der Waals surface area contributed by atoms with Gasteiger partial charge in [0.1, 0.15) is 0 Å². The highest BCUT2D eigenvalue weighted by molar-refractivity contribution is 7.17. The predicted octanol–water partition coefficient (Wildman–Crippen LogP) is 6.19. The van der Waals surface area contributed by atoms with E-state index < -0.39 is 5.97 Å². The number of unbranched alkanes of at least 4 members (excludes halogenated alkanes) is 1. The topological polar surface area (TPSA) is 66.4 Å². The molecule has 0 aliphatic heterocycles. The van der Waals surface area contributed by atoms with Gasteiger partial charge < -0.3 is 10.4 Å². The molecule has 5 rings (SSSR count). The van der Waals surface area contributed by atoms with Crippen LogP contribution in [0.4, 0.5) is 0 Å². The Morgan fingerprint density at radius 2 is 2.06 bits per heavy atom. The monoisotopic (exact) mass is 439 g/mol. The van der Waals surface area contributed by atoms with Gasteiger partial charge in [0, 0.05) is 27.9 Å². The molecule has 0 radical (unpaired) electrons. The lowest BCUT2D eigenvalue weighted by atomic mass is 9.44. The molecule has 2 aromatic rings. The quantitative estimate of drug-likeness (QED) is 0.381. The Hall–Kier alpha value is -2.14. The molecular weight excluding hydrogens is 406 g/mol. The van der Waals surface area contributed by atoms with Crippen LogP contribution in [0.5, 0.6) is 0 Å². The molecule has 3 saturated carbocycles. The largest absolute Gasteiger partial charge is 0.481 e. The molecule has 0 spiro atoms. The number of carbonyl (C=O) groups excluding carboxylic acids is 1. The molecule has 0 saturated heterocycles. The second-order valence-corrected chi connectivity index (χ2v) is 10.9. The fourth-order valence-corrected chi connectivity index (χ4v) is 6.67. The fraction of sp³-hybridized carbons (Fsp3) is 0.538. The van der Waals surface area contributed by atoms with Gasteiger partial charge in [0.15, 0.2) is 0 Å². The lowest BCUT2D eigenvalue weighted by Gasteiger charge is -2.62. The van der Waals surface area contributed by atoms with E-state index in [2.05, 4.69) is 56.4 Å². The first-order valence-corrected chi connectivity index (χ1v) is 12.3. The van der Waals surface area contributed by atoms with Gasteiger partial charge in [-0.05, 0) is 74.3 Å². The Morgan fingerprint density at radius 1 is 1.26 bits per heavy atom. The van der Waals surface area contributed by atoms with Crippen molar-refractivity contribution < 1.29 is 14.7 Å². The van der Waals surface area contributed by atoms with Crippen LogP contribution in [-0.2, 0) is 4.79 Å². The molecule has 3 aliphatic rings. The maximum Gasteiger partial charge on any atom is 0.303 e. The number of benzene rings is 1. The molecule has 0 unspecified atom stereocenters. The van der Waals surface area contributed by atoms with E-state index >= 15 is 0 Å². The van der Waals surface area contributed by atoms with Crippen molar-refractivity contribution in [3.63, 3.8) is 0 Å². The summed E-state index contributed by atoms with van der Waals surface area (Å²) in [6.07, 6.45) is 9.29. The minimum Gasteiger partial charge on any atom is -0.481 e. The molecule has 2 N–H and O–H groups in total. The highest BCUT2D eigenvalue weighted by atomic mass is 32.1. The first-order chi connectivity index (χ1) is 14.8. The molecule has 166 valence electrons. The fourth-order valence-electron chi connectivity index (χ4n) is 5.75. The van der Waals surface area contributed by atoms with Crippen LogP contribution in [0.3, 0.4) is 0 Å². The Kier molecular flexibility index (Phi) is 6.25. The summed E-state index contributed by atoms with van der Waals surface area (Å²) < 4.78 is 1.16. The summed E-state index contributed by atoms with van der Waals surface area (Å²) in [5.74, 6) is 1.06. The second-order valence-electron chi connectivity index (χ2n) is 9.98. The van der Waals surface area contributed by atoms with Crippen LogP contribution in [0.1, 0.15) is 68.3 Å². The summed E-state index contributed by atoms with van der Waals surface area (Å²) in [6.45, 7) is 6.82. The molecule has 2 bridgehead atoms. The standard InChI is InChI=1S/C26H33NO3S/c1-16-10-11-23-19(12-16)20(15-31-23)25(30)27-22-14-17-13-21(26(17,2)3)18(22)8-6-4-5-7-9-24(28)29/h4,6,10-12,15,17-18,21-22H,5,7-9,13-14H2,1-3H3,(H,27,30)(H,28,29)/t17-,18-,21+,22-/m0/s1. The number of carboxylic acids is 1. The first kappa shape index (κ1) is 22.1. The van der Waals surface area contributed by atoms with Crippen molar-refractivity contribution in [2.45, 2.75) is 65.3 Å². The maximum absolute atomic E-state index is 13.2. The van der Waals surface area contributed by atoms with Crippen molar-refractivity contribution in [3.8, 4) is 0 Å². The third kappa shape index (κ3) is 4.43. The van der Waals surface area contributed by atoms with Gasteiger partial charge in [0.25, 0.3) is 5.91 Å². The zero-order chi connectivity index (χ0) is 22.2. The molecule has 1 amide bonds. The van der Waals surface area contributed by atoms with E-state index in [4.69, 9.17) is 5.11 Å². The van der Waals surface area contributed by atoms with Gasteiger partial charge in [-0.15, -0.1) is 11.3 Å². The van der Waals surface area contributed by atoms with Crippen molar-refractivity contribution in [3.05, 3.63) is 46.9 Å². The van der Waals surface area contributed by atoms with Gasteiger partial charge in [-0.25, -0.2) is 0 Å². The Labute approximate surface area is 188 Å². The molecule has 1 aromatic carbocycles. The number of rotatable bonds is 8. The number of allylic oxidation sites excluding steroid dienone is 2. The molecule has 3 fully saturated rings. The van der Waals surface area contributed by atoms with E-state index in [0.29, 0.717) is 29.6 Å². The second kappa shape index (κ2) is 8.78. The Morgan fingerprint density at radius 3 is 2.81 bits per heavy atom. The van der Waals surface area contributed by atoms with Crippen molar-refractivity contribution in [2.24, 2.45) is 23.2 Å². The van der Waals surface area contributed by atoms with Crippen molar-refractivity contribution in [1.29, 1.82) is 0 Å². The highest BCUT2D eigenvalue weighted by Crippen LogP contribution is 2.62. The molecule has 1 heterocycles. The average molecular weight is 440 g/mol. The van der Waals surface area contributed by atoms with E-state index in [1.807, 2.05) is 5.38 Å². The van der Waals surface area contributed by atoms with Crippen molar-refractivity contribution in [1.82, 2.24) is 5.32 Å². The summed E-state index contributed by atoms with van der Waals surface area (Å²) in [5.41, 5.74) is 2.31. The molecule has 4 atom stereocenters. The van der Waals surface area contributed by atoms with E-state index in [-0.39, 0.29) is 18.4 Å².